The van der Waals surface area contributed by atoms with Crippen molar-refractivity contribution < 1.29 is 14.3 Å². The molecule has 152 valence electrons. The molecule has 0 N–H and O–H groups in total. The van der Waals surface area contributed by atoms with Gasteiger partial charge in [0.15, 0.2) is 5.78 Å². The van der Waals surface area contributed by atoms with Crippen LogP contribution in [0.15, 0.2) is 56.9 Å². The molecule has 0 spiro atoms. The Balaban J connectivity index is 2.33. The van der Waals surface area contributed by atoms with Crippen LogP contribution in [-0.4, -0.2) is 35.8 Å². The SMILES string of the molecule is C=C/C=C\C(=C(/C)I)C(C(=O)C1CC1)N(CC)CC1=C(C)CC(OC(C)=O)=C1. The monoisotopic (exact) mass is 495 g/mol. The van der Waals surface area contributed by atoms with Crippen molar-refractivity contribution in [2.45, 2.75) is 53.0 Å². The van der Waals surface area contributed by atoms with Crippen LogP contribution in [0.3, 0.4) is 0 Å². The van der Waals surface area contributed by atoms with Gasteiger partial charge >= 0.3 is 5.97 Å². The third kappa shape index (κ3) is 6.01. The van der Waals surface area contributed by atoms with E-state index in [1.165, 1.54) is 12.5 Å². The molecule has 2 aliphatic carbocycles. The number of Topliss-reactive ketones (excluding diaryl/α,β-unsaturated/α-hetero) is 1. The van der Waals surface area contributed by atoms with Gasteiger partial charge < -0.3 is 4.74 Å². The second-order valence-electron chi connectivity index (χ2n) is 7.41. The van der Waals surface area contributed by atoms with Gasteiger partial charge in [0.1, 0.15) is 5.76 Å². The van der Waals surface area contributed by atoms with Gasteiger partial charge in [-0.2, -0.15) is 0 Å². The maximum Gasteiger partial charge on any atom is 0.307 e. The molecule has 1 atom stereocenters. The summed E-state index contributed by atoms with van der Waals surface area (Å²) in [4.78, 5) is 26.8. The van der Waals surface area contributed by atoms with Crippen LogP contribution in [0.25, 0.3) is 0 Å². The Hall–Kier alpha value is -1.47. The summed E-state index contributed by atoms with van der Waals surface area (Å²) in [5.74, 6) is 0.873. The Morgan fingerprint density at radius 3 is 2.57 bits per heavy atom. The molecule has 0 aromatic heterocycles. The largest absolute Gasteiger partial charge is 0.431 e. The number of allylic oxidation sites excluding steroid dienone is 4. The summed E-state index contributed by atoms with van der Waals surface area (Å²) >= 11 is 2.31. The number of ketones is 1. The molecule has 2 aliphatic rings. The van der Waals surface area contributed by atoms with Crippen molar-refractivity contribution >= 4 is 34.3 Å². The number of ether oxygens (including phenoxy) is 1. The zero-order valence-electron chi connectivity index (χ0n) is 17.3. The fourth-order valence-corrected chi connectivity index (χ4v) is 3.94. The average Bonchev–Trinajstić information content (AvgIpc) is 3.41. The number of carbonyl (C=O) groups excluding carboxylic acids is 2. The smallest absolute Gasteiger partial charge is 0.307 e. The number of rotatable bonds is 10. The van der Waals surface area contributed by atoms with E-state index in [0.717, 1.165) is 34.1 Å². The number of halogens is 1. The molecule has 5 heteroatoms. The number of hydrogen-bond acceptors (Lipinski definition) is 4. The summed E-state index contributed by atoms with van der Waals surface area (Å²) in [6.45, 7) is 12.8. The lowest BCUT2D eigenvalue weighted by Gasteiger charge is -2.32. The Morgan fingerprint density at radius 2 is 2.07 bits per heavy atom. The van der Waals surface area contributed by atoms with Crippen LogP contribution in [0.4, 0.5) is 0 Å². The van der Waals surface area contributed by atoms with E-state index in [9.17, 15) is 9.59 Å². The van der Waals surface area contributed by atoms with Crippen molar-refractivity contribution in [2.75, 3.05) is 13.1 Å². The minimum absolute atomic E-state index is 0.174. The zero-order chi connectivity index (χ0) is 20.8. The van der Waals surface area contributed by atoms with Gasteiger partial charge in [-0.05, 0) is 76.6 Å². The standard InChI is InChI=1S/C23H30INO3/c1-6-8-9-21(16(4)24)22(23(27)18-10-11-18)25(7-2)14-19-13-20(12-15(19)3)28-17(5)26/h6,8-9,13,18,22H,1,7,10-12,14H2,2-5H3/b9-8-,21-16-. The number of esters is 1. The van der Waals surface area contributed by atoms with Crippen LogP contribution in [0.2, 0.25) is 0 Å². The van der Waals surface area contributed by atoms with Crippen LogP contribution in [-0.2, 0) is 14.3 Å². The first-order chi connectivity index (χ1) is 13.3. The fourth-order valence-electron chi connectivity index (χ4n) is 3.47. The number of hydrogen-bond donors (Lipinski definition) is 0. The van der Waals surface area contributed by atoms with Crippen molar-refractivity contribution in [3.63, 3.8) is 0 Å². The molecule has 0 saturated heterocycles. The third-order valence-electron chi connectivity index (χ3n) is 5.10. The van der Waals surface area contributed by atoms with Crippen LogP contribution in [0.5, 0.6) is 0 Å². The molecular formula is C23H30INO3. The number of carbonyl (C=O) groups is 2. The van der Waals surface area contributed by atoms with E-state index in [2.05, 4.69) is 47.9 Å². The third-order valence-corrected chi connectivity index (χ3v) is 5.72. The molecule has 0 amide bonds. The highest BCUT2D eigenvalue weighted by Gasteiger charge is 2.39. The molecule has 0 heterocycles. The summed E-state index contributed by atoms with van der Waals surface area (Å²) in [6, 6.07) is -0.267. The molecule has 1 unspecified atom stereocenters. The minimum atomic E-state index is -0.297. The van der Waals surface area contributed by atoms with E-state index in [1.54, 1.807) is 6.08 Å². The van der Waals surface area contributed by atoms with Gasteiger partial charge in [-0.1, -0.05) is 37.3 Å². The van der Waals surface area contributed by atoms with Gasteiger partial charge in [0, 0.05) is 25.8 Å². The predicted octanol–water partition coefficient (Wildman–Crippen LogP) is 5.27. The molecule has 2 rings (SSSR count). The van der Waals surface area contributed by atoms with Crippen LogP contribution >= 0.6 is 22.6 Å². The summed E-state index contributed by atoms with van der Waals surface area (Å²) < 4.78 is 6.40. The summed E-state index contributed by atoms with van der Waals surface area (Å²) in [5, 5.41) is 0. The Bertz CT molecular complexity index is 765. The minimum Gasteiger partial charge on any atom is -0.431 e. The van der Waals surface area contributed by atoms with Crippen LogP contribution in [0.1, 0.15) is 47.0 Å². The fraction of sp³-hybridized carbons (Fsp3) is 0.478. The first-order valence-electron chi connectivity index (χ1n) is 9.79. The molecule has 0 aliphatic heterocycles. The predicted molar refractivity (Wildman–Crippen MR) is 122 cm³/mol. The first kappa shape index (κ1) is 22.8. The molecule has 0 aromatic rings. The van der Waals surface area contributed by atoms with Gasteiger partial charge in [0.05, 0.1) is 6.04 Å². The average molecular weight is 495 g/mol. The molecule has 0 bridgehead atoms. The summed E-state index contributed by atoms with van der Waals surface area (Å²) in [7, 11) is 0. The van der Waals surface area contributed by atoms with Crippen molar-refractivity contribution in [3.8, 4) is 0 Å². The lowest BCUT2D eigenvalue weighted by Crippen LogP contribution is -2.44. The molecular weight excluding hydrogens is 465 g/mol. The molecule has 1 fully saturated rings. The van der Waals surface area contributed by atoms with Gasteiger partial charge in [-0.25, -0.2) is 0 Å². The number of nitrogens with zero attached hydrogens (tertiary/aromatic N) is 1. The van der Waals surface area contributed by atoms with Crippen LogP contribution in [0, 0.1) is 5.92 Å². The lowest BCUT2D eigenvalue weighted by atomic mass is 9.96. The molecule has 28 heavy (non-hydrogen) atoms. The highest BCUT2D eigenvalue weighted by Crippen LogP contribution is 2.36. The van der Waals surface area contributed by atoms with E-state index >= 15 is 0 Å². The van der Waals surface area contributed by atoms with E-state index < -0.39 is 0 Å². The van der Waals surface area contributed by atoms with Gasteiger partial charge in [-0.3, -0.25) is 14.5 Å². The van der Waals surface area contributed by atoms with Crippen molar-refractivity contribution in [1.29, 1.82) is 0 Å². The Morgan fingerprint density at radius 1 is 1.39 bits per heavy atom. The molecule has 1 saturated carbocycles. The second-order valence-corrected chi connectivity index (χ2v) is 9.03. The maximum absolute atomic E-state index is 13.2. The normalized spacial score (nSPS) is 19.0. The van der Waals surface area contributed by atoms with Crippen LogP contribution < -0.4 is 0 Å². The lowest BCUT2D eigenvalue weighted by molar-refractivity contribution is -0.136. The zero-order valence-corrected chi connectivity index (χ0v) is 19.4. The molecule has 0 aromatic carbocycles. The topological polar surface area (TPSA) is 46.6 Å². The summed E-state index contributed by atoms with van der Waals surface area (Å²) in [6.07, 6.45) is 10.2. The Labute approximate surface area is 182 Å². The Kier molecular flexibility index (Phi) is 8.43. The highest BCUT2D eigenvalue weighted by atomic mass is 127. The highest BCUT2D eigenvalue weighted by molar-refractivity contribution is 14.1. The first-order valence-corrected chi connectivity index (χ1v) is 10.9. The maximum atomic E-state index is 13.2. The second kappa shape index (κ2) is 10.3. The van der Waals surface area contributed by atoms with Gasteiger partial charge in [0.25, 0.3) is 0 Å². The summed E-state index contributed by atoms with van der Waals surface area (Å²) in [5.41, 5.74) is 3.36. The van der Waals surface area contributed by atoms with Crippen molar-refractivity contribution in [3.05, 3.63) is 56.9 Å². The van der Waals surface area contributed by atoms with E-state index in [1.807, 2.05) is 25.2 Å². The molecule has 0 radical (unpaired) electrons. The quantitative estimate of drug-likeness (QED) is 0.235. The van der Waals surface area contributed by atoms with E-state index in [-0.39, 0.29) is 17.9 Å². The van der Waals surface area contributed by atoms with Gasteiger partial charge in [0.2, 0.25) is 0 Å². The van der Waals surface area contributed by atoms with Crippen molar-refractivity contribution in [2.24, 2.45) is 5.92 Å². The van der Waals surface area contributed by atoms with E-state index in [4.69, 9.17) is 4.74 Å². The van der Waals surface area contributed by atoms with Gasteiger partial charge in [-0.15, -0.1) is 0 Å². The van der Waals surface area contributed by atoms with Crippen molar-refractivity contribution in [1.82, 2.24) is 4.90 Å². The number of likely N-dealkylation sites (N-methyl/N-ethyl adjacent to an activating group) is 1. The molecule has 4 nitrogen and oxygen atoms in total. The van der Waals surface area contributed by atoms with E-state index in [0.29, 0.717) is 24.5 Å².